The van der Waals surface area contributed by atoms with Crippen molar-refractivity contribution in [1.82, 2.24) is 10.2 Å². The van der Waals surface area contributed by atoms with Crippen LogP contribution < -0.4 is 15.0 Å². The molecule has 7 nitrogen and oxygen atoms in total. The minimum absolute atomic E-state index is 0.0384. The number of likely N-dealkylation sites (N-methyl/N-ethyl adjacent to an activating group) is 2. The van der Waals surface area contributed by atoms with Crippen LogP contribution in [0.3, 0.4) is 0 Å². The Balaban J connectivity index is 1.75. The van der Waals surface area contributed by atoms with Gasteiger partial charge < -0.3 is 24.6 Å². The summed E-state index contributed by atoms with van der Waals surface area (Å²) < 4.78 is 11.3. The normalized spacial score (nSPS) is 16.0. The number of benzene rings is 1. The topological polar surface area (TPSA) is 71.1 Å². The molecule has 0 fully saturated rings. The Kier molecular flexibility index (Phi) is 7.54. The van der Waals surface area contributed by atoms with Gasteiger partial charge in [0.2, 0.25) is 5.91 Å². The van der Waals surface area contributed by atoms with Crippen molar-refractivity contribution in [2.45, 2.75) is 52.2 Å². The zero-order valence-electron chi connectivity index (χ0n) is 17.7. The molecule has 1 aliphatic heterocycles. The highest BCUT2D eigenvalue weighted by atomic mass is 16.6. The van der Waals surface area contributed by atoms with E-state index in [1.165, 1.54) is 0 Å². The maximum atomic E-state index is 12.4. The SMILES string of the molecule is CCN1C[C@@H](CN(C)C(=O)CCCNC(=O)OC(C)(C)C)Oc2ccccc21. The summed E-state index contributed by atoms with van der Waals surface area (Å²) in [7, 11) is 1.80. The van der Waals surface area contributed by atoms with Crippen LogP contribution in [0.4, 0.5) is 10.5 Å². The first kappa shape index (κ1) is 21.9. The Morgan fingerprint density at radius 3 is 2.71 bits per heavy atom. The van der Waals surface area contributed by atoms with Gasteiger partial charge in [-0.2, -0.15) is 0 Å². The van der Waals surface area contributed by atoms with Crippen molar-refractivity contribution < 1.29 is 19.1 Å². The second kappa shape index (κ2) is 9.66. The predicted molar refractivity (Wildman–Crippen MR) is 110 cm³/mol. The first-order chi connectivity index (χ1) is 13.2. The van der Waals surface area contributed by atoms with Gasteiger partial charge in [-0.05, 0) is 46.2 Å². The standard InChI is InChI=1S/C21H33N3O4/c1-6-24-15-16(27-18-11-8-7-10-17(18)24)14-23(5)19(25)12-9-13-22-20(26)28-21(2,3)4/h7-8,10-11,16H,6,9,12-15H2,1-5H3,(H,22,26)/t16-/m1/s1. The van der Waals surface area contributed by atoms with Crippen LogP contribution in [0.15, 0.2) is 24.3 Å². The number of carbonyl (C=O) groups is 2. The molecule has 7 heteroatoms. The second-order valence-corrected chi connectivity index (χ2v) is 8.05. The molecule has 0 aliphatic carbocycles. The van der Waals surface area contributed by atoms with Gasteiger partial charge in [0.25, 0.3) is 0 Å². The molecular weight excluding hydrogens is 358 g/mol. The summed E-state index contributed by atoms with van der Waals surface area (Å²) in [4.78, 5) is 28.0. The lowest BCUT2D eigenvalue weighted by Gasteiger charge is -2.37. The lowest BCUT2D eigenvalue weighted by atomic mass is 10.1. The van der Waals surface area contributed by atoms with Gasteiger partial charge in [-0.15, -0.1) is 0 Å². The largest absolute Gasteiger partial charge is 0.485 e. The van der Waals surface area contributed by atoms with E-state index in [0.717, 1.165) is 24.5 Å². The van der Waals surface area contributed by atoms with Crippen molar-refractivity contribution >= 4 is 17.7 Å². The lowest BCUT2D eigenvalue weighted by Crippen LogP contribution is -2.46. The fourth-order valence-corrected chi connectivity index (χ4v) is 3.12. The molecule has 1 aromatic carbocycles. The zero-order chi connectivity index (χ0) is 20.7. The molecule has 2 amide bonds. The predicted octanol–water partition coefficient (Wildman–Crippen LogP) is 3.04. The molecule has 1 N–H and O–H groups in total. The Morgan fingerprint density at radius 2 is 2.04 bits per heavy atom. The summed E-state index contributed by atoms with van der Waals surface area (Å²) in [6, 6.07) is 7.99. The molecule has 0 saturated carbocycles. The van der Waals surface area contributed by atoms with E-state index in [9.17, 15) is 9.59 Å². The summed E-state index contributed by atoms with van der Waals surface area (Å²) in [6.07, 6.45) is 0.413. The molecule has 1 atom stereocenters. The van der Waals surface area contributed by atoms with Crippen molar-refractivity contribution in [2.24, 2.45) is 0 Å². The van der Waals surface area contributed by atoms with Crippen molar-refractivity contribution in [3.63, 3.8) is 0 Å². The van der Waals surface area contributed by atoms with E-state index in [1.54, 1.807) is 11.9 Å². The zero-order valence-corrected chi connectivity index (χ0v) is 17.7. The lowest BCUT2D eigenvalue weighted by molar-refractivity contribution is -0.131. The molecule has 1 heterocycles. The molecule has 2 rings (SSSR count). The molecule has 28 heavy (non-hydrogen) atoms. The van der Waals surface area contributed by atoms with Crippen molar-refractivity contribution in [3.05, 3.63) is 24.3 Å². The number of anilines is 1. The Morgan fingerprint density at radius 1 is 1.32 bits per heavy atom. The van der Waals surface area contributed by atoms with Crippen LogP contribution in [0.2, 0.25) is 0 Å². The summed E-state index contributed by atoms with van der Waals surface area (Å²) in [5.74, 6) is 0.902. The highest BCUT2D eigenvalue weighted by molar-refractivity contribution is 5.76. The van der Waals surface area contributed by atoms with Crippen LogP contribution in [-0.2, 0) is 9.53 Å². The number of nitrogens with zero attached hydrogens (tertiary/aromatic N) is 2. The first-order valence-corrected chi connectivity index (χ1v) is 9.91. The molecule has 0 saturated heterocycles. The van der Waals surface area contributed by atoms with E-state index >= 15 is 0 Å². The third-order valence-electron chi connectivity index (χ3n) is 4.44. The van der Waals surface area contributed by atoms with Crippen LogP contribution in [0.25, 0.3) is 0 Å². The molecule has 0 unspecified atom stereocenters. The molecule has 1 aliphatic rings. The third kappa shape index (κ3) is 6.62. The third-order valence-corrected chi connectivity index (χ3v) is 4.44. The van der Waals surface area contributed by atoms with Crippen LogP contribution >= 0.6 is 0 Å². The number of carbonyl (C=O) groups excluding carboxylic acids is 2. The molecule has 0 radical (unpaired) electrons. The van der Waals surface area contributed by atoms with E-state index in [-0.39, 0.29) is 12.0 Å². The Bertz CT molecular complexity index is 672. The van der Waals surface area contributed by atoms with E-state index in [0.29, 0.717) is 25.9 Å². The monoisotopic (exact) mass is 391 g/mol. The Hall–Kier alpha value is -2.44. The van der Waals surface area contributed by atoms with E-state index < -0.39 is 11.7 Å². The minimum Gasteiger partial charge on any atom is -0.485 e. The fraction of sp³-hybridized carbons (Fsp3) is 0.619. The number of ether oxygens (including phenoxy) is 2. The summed E-state index contributed by atoms with van der Waals surface area (Å²) in [6.45, 7) is 10.2. The quantitative estimate of drug-likeness (QED) is 0.724. The van der Waals surface area contributed by atoms with Gasteiger partial charge in [0, 0.05) is 26.6 Å². The van der Waals surface area contributed by atoms with Gasteiger partial charge in [-0.3, -0.25) is 4.79 Å². The average Bonchev–Trinajstić information content (AvgIpc) is 2.62. The number of rotatable bonds is 7. The van der Waals surface area contributed by atoms with Crippen LogP contribution in [0.1, 0.15) is 40.5 Å². The van der Waals surface area contributed by atoms with Crippen LogP contribution in [0, 0.1) is 0 Å². The fourth-order valence-electron chi connectivity index (χ4n) is 3.12. The Labute approximate surface area is 168 Å². The number of hydrogen-bond acceptors (Lipinski definition) is 5. The van der Waals surface area contributed by atoms with Gasteiger partial charge in [0.15, 0.2) is 0 Å². The van der Waals surface area contributed by atoms with Crippen LogP contribution in [-0.4, -0.2) is 61.8 Å². The number of amides is 2. The van der Waals surface area contributed by atoms with E-state index in [2.05, 4.69) is 23.2 Å². The molecule has 0 spiro atoms. The number of nitrogens with one attached hydrogen (secondary N) is 1. The van der Waals surface area contributed by atoms with Crippen molar-refractivity contribution in [1.29, 1.82) is 0 Å². The van der Waals surface area contributed by atoms with Crippen molar-refractivity contribution in [3.8, 4) is 5.75 Å². The number of hydrogen-bond donors (Lipinski definition) is 1. The molecular formula is C21H33N3O4. The summed E-state index contributed by atoms with van der Waals surface area (Å²) >= 11 is 0. The minimum atomic E-state index is -0.523. The maximum absolute atomic E-state index is 12.4. The van der Waals surface area contributed by atoms with Gasteiger partial charge in [-0.1, -0.05) is 12.1 Å². The van der Waals surface area contributed by atoms with Gasteiger partial charge in [-0.25, -0.2) is 4.79 Å². The second-order valence-electron chi connectivity index (χ2n) is 8.05. The highest BCUT2D eigenvalue weighted by Crippen LogP contribution is 2.32. The average molecular weight is 392 g/mol. The smallest absolute Gasteiger partial charge is 0.407 e. The van der Waals surface area contributed by atoms with Gasteiger partial charge in [0.1, 0.15) is 17.5 Å². The van der Waals surface area contributed by atoms with Gasteiger partial charge in [0.05, 0.1) is 18.8 Å². The van der Waals surface area contributed by atoms with Crippen molar-refractivity contribution in [2.75, 3.05) is 38.1 Å². The number of fused-ring (bicyclic) bond motifs is 1. The van der Waals surface area contributed by atoms with Crippen LogP contribution in [0.5, 0.6) is 5.75 Å². The molecule has 0 bridgehead atoms. The summed E-state index contributed by atoms with van der Waals surface area (Å²) in [5, 5.41) is 2.68. The van der Waals surface area contributed by atoms with Gasteiger partial charge >= 0.3 is 6.09 Å². The molecule has 156 valence electrons. The highest BCUT2D eigenvalue weighted by Gasteiger charge is 2.26. The molecule has 0 aromatic heterocycles. The number of alkyl carbamates (subject to hydrolysis) is 1. The number of para-hydroxylation sites is 2. The van der Waals surface area contributed by atoms with E-state index in [4.69, 9.17) is 9.47 Å². The first-order valence-electron chi connectivity index (χ1n) is 9.91. The van der Waals surface area contributed by atoms with E-state index in [1.807, 2.05) is 39.0 Å². The summed E-state index contributed by atoms with van der Waals surface area (Å²) in [5.41, 5.74) is 0.578. The molecule has 1 aromatic rings. The maximum Gasteiger partial charge on any atom is 0.407 e.